The Bertz CT molecular complexity index is 436. The van der Waals surface area contributed by atoms with Crippen molar-refractivity contribution in [3.05, 3.63) is 34.3 Å². The molecule has 0 aliphatic heterocycles. The number of nitrogens with two attached hydrogens (primary N) is 1. The van der Waals surface area contributed by atoms with Crippen LogP contribution in [0.15, 0.2) is 28.7 Å². The van der Waals surface area contributed by atoms with Gasteiger partial charge in [0.15, 0.2) is 0 Å². The molecular weight excluding hydrogens is 292 g/mol. The first kappa shape index (κ1) is 15.2. The van der Waals surface area contributed by atoms with Crippen LogP contribution >= 0.6 is 15.9 Å². The van der Waals surface area contributed by atoms with E-state index in [1.165, 1.54) is 0 Å². The number of hydrogen-bond acceptors (Lipinski definition) is 2. The standard InChI is InChI=1S/C14H21BrN2O/c1-13(2,16)9-17-12(18)14(3,4)10-6-5-7-11(15)8-10/h5-8H,9,16H2,1-4H3,(H,17,18). The van der Waals surface area contributed by atoms with Crippen molar-refractivity contribution in [2.45, 2.75) is 38.6 Å². The molecule has 0 fully saturated rings. The van der Waals surface area contributed by atoms with Crippen LogP contribution in [0.1, 0.15) is 33.3 Å². The van der Waals surface area contributed by atoms with Crippen LogP contribution < -0.4 is 11.1 Å². The molecule has 3 N–H and O–H groups in total. The lowest BCUT2D eigenvalue weighted by molar-refractivity contribution is -0.125. The normalized spacial score (nSPS) is 12.3. The van der Waals surface area contributed by atoms with Gasteiger partial charge in [-0.3, -0.25) is 4.79 Å². The van der Waals surface area contributed by atoms with Gasteiger partial charge in [-0.25, -0.2) is 0 Å². The van der Waals surface area contributed by atoms with Gasteiger partial charge < -0.3 is 11.1 Å². The molecule has 18 heavy (non-hydrogen) atoms. The molecule has 1 amide bonds. The Morgan fingerprint density at radius 1 is 1.33 bits per heavy atom. The summed E-state index contributed by atoms with van der Waals surface area (Å²) in [5.41, 5.74) is 5.87. The highest BCUT2D eigenvalue weighted by molar-refractivity contribution is 9.10. The monoisotopic (exact) mass is 312 g/mol. The molecule has 0 atom stereocenters. The summed E-state index contributed by atoms with van der Waals surface area (Å²) in [5.74, 6) is -0.0147. The van der Waals surface area contributed by atoms with Crippen LogP contribution in [0.25, 0.3) is 0 Å². The SMILES string of the molecule is CC(C)(N)CNC(=O)C(C)(C)c1cccc(Br)c1. The fraction of sp³-hybridized carbons (Fsp3) is 0.500. The van der Waals surface area contributed by atoms with E-state index in [1.54, 1.807) is 0 Å². The lowest BCUT2D eigenvalue weighted by Gasteiger charge is -2.27. The molecule has 0 aliphatic carbocycles. The number of benzene rings is 1. The molecule has 3 nitrogen and oxygen atoms in total. The van der Waals surface area contributed by atoms with E-state index in [4.69, 9.17) is 5.73 Å². The summed E-state index contributed by atoms with van der Waals surface area (Å²) < 4.78 is 0.972. The van der Waals surface area contributed by atoms with Gasteiger partial charge in [-0.15, -0.1) is 0 Å². The molecule has 1 rings (SSSR count). The smallest absolute Gasteiger partial charge is 0.230 e. The molecule has 0 bridgehead atoms. The average molecular weight is 313 g/mol. The van der Waals surface area contributed by atoms with Gasteiger partial charge in [-0.1, -0.05) is 28.1 Å². The predicted molar refractivity (Wildman–Crippen MR) is 78.4 cm³/mol. The Labute approximate surface area is 117 Å². The number of hydrogen-bond donors (Lipinski definition) is 2. The minimum atomic E-state index is -0.574. The topological polar surface area (TPSA) is 55.1 Å². The van der Waals surface area contributed by atoms with Crippen molar-refractivity contribution in [3.63, 3.8) is 0 Å². The summed E-state index contributed by atoms with van der Waals surface area (Å²) in [6.45, 7) is 8.06. The van der Waals surface area contributed by atoms with Crippen LogP contribution in [-0.2, 0) is 10.2 Å². The van der Waals surface area contributed by atoms with E-state index in [0.29, 0.717) is 6.54 Å². The molecule has 0 unspecified atom stereocenters. The van der Waals surface area contributed by atoms with Crippen LogP contribution in [0.2, 0.25) is 0 Å². The molecular formula is C14H21BrN2O. The molecule has 0 saturated heterocycles. The summed E-state index contributed by atoms with van der Waals surface area (Å²) in [7, 11) is 0. The third-order valence-electron chi connectivity index (χ3n) is 2.82. The zero-order chi connectivity index (χ0) is 14.0. The quantitative estimate of drug-likeness (QED) is 0.898. The molecule has 0 heterocycles. The highest BCUT2D eigenvalue weighted by atomic mass is 79.9. The maximum absolute atomic E-state index is 12.2. The lowest BCUT2D eigenvalue weighted by Crippen LogP contribution is -2.49. The zero-order valence-corrected chi connectivity index (χ0v) is 13.0. The van der Waals surface area contributed by atoms with Gasteiger partial charge in [-0.2, -0.15) is 0 Å². The van der Waals surface area contributed by atoms with Gasteiger partial charge in [0.25, 0.3) is 0 Å². The molecule has 100 valence electrons. The first-order valence-electron chi connectivity index (χ1n) is 5.96. The second kappa shape index (κ2) is 5.41. The molecule has 0 spiro atoms. The highest BCUT2D eigenvalue weighted by Crippen LogP contribution is 2.26. The van der Waals surface area contributed by atoms with Gasteiger partial charge in [0, 0.05) is 16.6 Å². The van der Waals surface area contributed by atoms with Crippen molar-refractivity contribution in [2.24, 2.45) is 5.73 Å². The van der Waals surface area contributed by atoms with E-state index in [-0.39, 0.29) is 5.91 Å². The van der Waals surface area contributed by atoms with Gasteiger partial charge in [0.1, 0.15) is 0 Å². The predicted octanol–water partition coefficient (Wildman–Crippen LogP) is 2.58. The Balaban J connectivity index is 2.83. The van der Waals surface area contributed by atoms with E-state index in [0.717, 1.165) is 10.0 Å². The second-order valence-corrected chi connectivity index (χ2v) is 6.72. The average Bonchev–Trinajstić information content (AvgIpc) is 2.24. The first-order chi connectivity index (χ1) is 8.13. The highest BCUT2D eigenvalue weighted by Gasteiger charge is 2.30. The lowest BCUT2D eigenvalue weighted by atomic mass is 9.83. The maximum atomic E-state index is 12.2. The fourth-order valence-electron chi connectivity index (χ4n) is 1.54. The third-order valence-corrected chi connectivity index (χ3v) is 3.31. The Hall–Kier alpha value is -0.870. The van der Waals surface area contributed by atoms with Crippen molar-refractivity contribution >= 4 is 21.8 Å². The Kier molecular flexibility index (Phi) is 4.56. The summed E-state index contributed by atoms with van der Waals surface area (Å²) in [5, 5.41) is 2.90. The van der Waals surface area contributed by atoms with E-state index < -0.39 is 11.0 Å². The van der Waals surface area contributed by atoms with E-state index in [9.17, 15) is 4.79 Å². The number of amides is 1. The minimum Gasteiger partial charge on any atom is -0.354 e. The van der Waals surface area contributed by atoms with Crippen molar-refractivity contribution < 1.29 is 4.79 Å². The third kappa shape index (κ3) is 4.10. The van der Waals surface area contributed by atoms with Crippen molar-refractivity contribution in [2.75, 3.05) is 6.54 Å². The first-order valence-corrected chi connectivity index (χ1v) is 6.75. The van der Waals surface area contributed by atoms with Crippen molar-refractivity contribution in [3.8, 4) is 0 Å². The summed E-state index contributed by atoms with van der Waals surface area (Å²) in [6, 6.07) is 7.80. The molecule has 4 heteroatoms. The van der Waals surface area contributed by atoms with E-state index in [1.807, 2.05) is 52.0 Å². The number of nitrogens with one attached hydrogen (secondary N) is 1. The van der Waals surface area contributed by atoms with Crippen LogP contribution in [0, 0.1) is 0 Å². The van der Waals surface area contributed by atoms with Crippen molar-refractivity contribution in [1.82, 2.24) is 5.32 Å². The van der Waals surface area contributed by atoms with Crippen LogP contribution in [0.5, 0.6) is 0 Å². The van der Waals surface area contributed by atoms with Crippen molar-refractivity contribution in [1.29, 1.82) is 0 Å². The number of carbonyl (C=O) groups is 1. The fourth-order valence-corrected chi connectivity index (χ4v) is 1.94. The maximum Gasteiger partial charge on any atom is 0.230 e. The summed E-state index contributed by atoms with van der Waals surface area (Å²) in [6.07, 6.45) is 0. The molecule has 0 saturated carbocycles. The molecule has 0 aliphatic rings. The molecule has 0 aromatic heterocycles. The van der Waals surface area contributed by atoms with Gasteiger partial charge in [0.2, 0.25) is 5.91 Å². The van der Waals surface area contributed by atoms with Gasteiger partial charge >= 0.3 is 0 Å². The van der Waals surface area contributed by atoms with E-state index >= 15 is 0 Å². The zero-order valence-electron chi connectivity index (χ0n) is 11.4. The minimum absolute atomic E-state index is 0.0147. The number of carbonyl (C=O) groups excluding carboxylic acids is 1. The number of halogens is 1. The van der Waals surface area contributed by atoms with E-state index in [2.05, 4.69) is 21.2 Å². The van der Waals surface area contributed by atoms with Crippen LogP contribution in [0.3, 0.4) is 0 Å². The van der Waals surface area contributed by atoms with Crippen LogP contribution in [-0.4, -0.2) is 18.0 Å². The van der Waals surface area contributed by atoms with Gasteiger partial charge in [0.05, 0.1) is 5.41 Å². The number of rotatable bonds is 4. The second-order valence-electron chi connectivity index (χ2n) is 5.81. The molecule has 1 aromatic rings. The Morgan fingerprint density at radius 2 is 1.94 bits per heavy atom. The summed E-state index contributed by atoms with van der Waals surface area (Å²) in [4.78, 5) is 12.2. The Morgan fingerprint density at radius 3 is 2.44 bits per heavy atom. The molecule has 0 radical (unpaired) electrons. The van der Waals surface area contributed by atoms with Crippen LogP contribution in [0.4, 0.5) is 0 Å². The summed E-state index contributed by atoms with van der Waals surface area (Å²) >= 11 is 3.42. The molecule has 1 aromatic carbocycles. The van der Waals surface area contributed by atoms with Gasteiger partial charge in [-0.05, 0) is 45.4 Å². The largest absolute Gasteiger partial charge is 0.354 e.